The summed E-state index contributed by atoms with van der Waals surface area (Å²) in [6.45, 7) is 7.65. The van der Waals surface area contributed by atoms with Crippen molar-refractivity contribution in [1.82, 2.24) is 20.4 Å². The normalized spacial score (nSPS) is 12.5. The molecule has 0 aliphatic heterocycles. The fourth-order valence-electron chi connectivity index (χ4n) is 1.96. The lowest BCUT2D eigenvalue weighted by molar-refractivity contribution is 0.443. The highest BCUT2D eigenvalue weighted by molar-refractivity contribution is 14.0. The maximum Gasteiger partial charge on any atom is 0.191 e. The summed E-state index contributed by atoms with van der Waals surface area (Å²) in [5.41, 5.74) is 0. The third-order valence-electron chi connectivity index (χ3n) is 2.99. The molecule has 1 unspecified atom stereocenters. The van der Waals surface area contributed by atoms with Crippen LogP contribution in [0.1, 0.15) is 18.7 Å². The minimum absolute atomic E-state index is 0. The first-order chi connectivity index (χ1) is 10.3. The van der Waals surface area contributed by atoms with Gasteiger partial charge in [0, 0.05) is 36.9 Å². The van der Waals surface area contributed by atoms with Crippen LogP contribution in [-0.4, -0.2) is 28.8 Å². The molecule has 2 aromatic heterocycles. The lowest BCUT2D eigenvalue weighted by atomic mass is 10.2. The SMILES string of the molecule is CCNC(=NCc1cccs1)NCC(C)Cn1cccn1.I. The smallest absolute Gasteiger partial charge is 0.191 e. The van der Waals surface area contributed by atoms with Crippen LogP contribution >= 0.6 is 35.3 Å². The van der Waals surface area contributed by atoms with Crippen molar-refractivity contribution in [1.29, 1.82) is 0 Å². The molecule has 22 heavy (non-hydrogen) atoms. The fraction of sp³-hybridized carbons (Fsp3) is 0.467. The third-order valence-corrected chi connectivity index (χ3v) is 3.85. The molecule has 0 saturated carbocycles. The van der Waals surface area contributed by atoms with Crippen molar-refractivity contribution >= 4 is 41.3 Å². The van der Waals surface area contributed by atoms with E-state index < -0.39 is 0 Å². The van der Waals surface area contributed by atoms with Gasteiger partial charge in [0.1, 0.15) is 0 Å². The first kappa shape index (κ1) is 19.0. The Morgan fingerprint density at radius 1 is 1.41 bits per heavy atom. The minimum Gasteiger partial charge on any atom is -0.357 e. The average Bonchev–Trinajstić information content (AvgIpc) is 3.15. The highest BCUT2D eigenvalue weighted by Crippen LogP contribution is 2.09. The van der Waals surface area contributed by atoms with Gasteiger partial charge in [0.2, 0.25) is 0 Å². The second kappa shape index (κ2) is 10.6. The van der Waals surface area contributed by atoms with Gasteiger partial charge in [0.25, 0.3) is 0 Å². The number of guanidine groups is 1. The predicted molar refractivity (Wildman–Crippen MR) is 104 cm³/mol. The zero-order valence-corrected chi connectivity index (χ0v) is 16.2. The van der Waals surface area contributed by atoms with Crippen LogP contribution in [0.15, 0.2) is 41.0 Å². The molecule has 122 valence electrons. The van der Waals surface area contributed by atoms with Crippen LogP contribution in [0, 0.1) is 5.92 Å². The second-order valence-electron chi connectivity index (χ2n) is 4.99. The van der Waals surface area contributed by atoms with Crippen LogP contribution in [0.4, 0.5) is 0 Å². The number of nitrogens with one attached hydrogen (secondary N) is 2. The Balaban J connectivity index is 0.00000242. The first-order valence-corrected chi connectivity index (χ1v) is 8.18. The molecule has 0 aliphatic carbocycles. The van der Waals surface area contributed by atoms with E-state index >= 15 is 0 Å². The molecular weight excluding hydrogens is 409 g/mol. The summed E-state index contributed by atoms with van der Waals surface area (Å²) < 4.78 is 1.96. The number of rotatable bonds is 7. The number of nitrogens with zero attached hydrogens (tertiary/aromatic N) is 3. The Hall–Kier alpha value is -1.09. The van der Waals surface area contributed by atoms with Crippen LogP contribution < -0.4 is 10.6 Å². The molecule has 0 radical (unpaired) electrons. The van der Waals surface area contributed by atoms with Gasteiger partial charge in [-0.05, 0) is 30.4 Å². The molecule has 2 heterocycles. The Bertz CT molecular complexity index is 524. The standard InChI is InChI=1S/C15H23N5S.HI/c1-3-16-15(18-11-14-6-4-9-21-14)17-10-13(2)12-20-8-5-7-19-20;/h4-9,13H,3,10-12H2,1-2H3,(H2,16,17,18);1H. The van der Waals surface area contributed by atoms with Crippen molar-refractivity contribution in [2.45, 2.75) is 26.9 Å². The van der Waals surface area contributed by atoms with Gasteiger partial charge in [-0.1, -0.05) is 13.0 Å². The summed E-state index contributed by atoms with van der Waals surface area (Å²) in [6.07, 6.45) is 3.80. The minimum atomic E-state index is 0. The van der Waals surface area contributed by atoms with E-state index in [1.165, 1.54) is 4.88 Å². The molecule has 0 bridgehead atoms. The Morgan fingerprint density at radius 3 is 2.91 bits per heavy atom. The van der Waals surface area contributed by atoms with E-state index in [0.717, 1.165) is 32.1 Å². The quantitative estimate of drug-likeness (QED) is 0.401. The van der Waals surface area contributed by atoms with Gasteiger partial charge in [0.15, 0.2) is 5.96 Å². The second-order valence-corrected chi connectivity index (χ2v) is 6.02. The highest BCUT2D eigenvalue weighted by Gasteiger charge is 2.05. The van der Waals surface area contributed by atoms with Crippen LogP contribution in [0.25, 0.3) is 0 Å². The summed E-state index contributed by atoms with van der Waals surface area (Å²) in [6, 6.07) is 6.12. The van der Waals surface area contributed by atoms with E-state index in [1.807, 2.05) is 23.1 Å². The van der Waals surface area contributed by atoms with Gasteiger partial charge in [-0.25, -0.2) is 4.99 Å². The van der Waals surface area contributed by atoms with Crippen molar-refractivity contribution in [2.75, 3.05) is 13.1 Å². The molecule has 0 fully saturated rings. The predicted octanol–water partition coefficient (Wildman–Crippen LogP) is 2.95. The molecule has 2 rings (SSSR count). The van der Waals surface area contributed by atoms with Crippen LogP contribution in [0.2, 0.25) is 0 Å². The number of halogens is 1. The molecule has 2 aromatic rings. The summed E-state index contributed by atoms with van der Waals surface area (Å²) in [5.74, 6) is 1.36. The number of hydrogen-bond acceptors (Lipinski definition) is 3. The van der Waals surface area contributed by atoms with Crippen molar-refractivity contribution < 1.29 is 0 Å². The van der Waals surface area contributed by atoms with Crippen molar-refractivity contribution in [2.24, 2.45) is 10.9 Å². The van der Waals surface area contributed by atoms with Gasteiger partial charge in [0.05, 0.1) is 6.54 Å². The zero-order chi connectivity index (χ0) is 14.9. The maximum absolute atomic E-state index is 4.61. The highest BCUT2D eigenvalue weighted by atomic mass is 127. The Labute approximate surface area is 153 Å². The lowest BCUT2D eigenvalue weighted by Gasteiger charge is -2.15. The Morgan fingerprint density at radius 2 is 2.27 bits per heavy atom. The monoisotopic (exact) mass is 433 g/mol. The largest absolute Gasteiger partial charge is 0.357 e. The summed E-state index contributed by atoms with van der Waals surface area (Å²) in [5, 5.41) is 13.0. The van der Waals surface area contributed by atoms with Crippen LogP contribution in [-0.2, 0) is 13.1 Å². The van der Waals surface area contributed by atoms with Crippen molar-refractivity contribution in [3.8, 4) is 0 Å². The number of thiophene rings is 1. The topological polar surface area (TPSA) is 54.2 Å². The van der Waals surface area contributed by atoms with E-state index in [0.29, 0.717) is 5.92 Å². The van der Waals surface area contributed by atoms with Gasteiger partial charge >= 0.3 is 0 Å². The van der Waals surface area contributed by atoms with Gasteiger partial charge in [-0.2, -0.15) is 5.10 Å². The summed E-state index contributed by atoms with van der Waals surface area (Å²) in [4.78, 5) is 5.88. The Kier molecular flexibility index (Phi) is 9.14. The van der Waals surface area contributed by atoms with E-state index in [-0.39, 0.29) is 24.0 Å². The molecule has 0 saturated heterocycles. The summed E-state index contributed by atoms with van der Waals surface area (Å²) >= 11 is 1.74. The van der Waals surface area contributed by atoms with E-state index in [4.69, 9.17) is 0 Å². The summed E-state index contributed by atoms with van der Waals surface area (Å²) in [7, 11) is 0. The van der Waals surface area contributed by atoms with Crippen molar-refractivity contribution in [3.63, 3.8) is 0 Å². The van der Waals surface area contributed by atoms with Crippen LogP contribution in [0.5, 0.6) is 0 Å². The molecule has 0 spiro atoms. The number of hydrogen-bond donors (Lipinski definition) is 2. The third kappa shape index (κ3) is 6.78. The molecular formula is C15H24IN5S. The number of aromatic nitrogens is 2. The van der Waals surface area contributed by atoms with E-state index in [2.05, 4.69) is 52.1 Å². The van der Waals surface area contributed by atoms with Crippen molar-refractivity contribution in [3.05, 3.63) is 40.8 Å². The van der Waals surface area contributed by atoms with Gasteiger partial charge in [-0.15, -0.1) is 35.3 Å². The molecule has 7 heteroatoms. The van der Waals surface area contributed by atoms with Crippen LogP contribution in [0.3, 0.4) is 0 Å². The molecule has 2 N–H and O–H groups in total. The molecule has 0 amide bonds. The fourth-order valence-corrected chi connectivity index (χ4v) is 2.59. The van der Waals surface area contributed by atoms with E-state index in [1.54, 1.807) is 11.3 Å². The van der Waals surface area contributed by atoms with Gasteiger partial charge < -0.3 is 10.6 Å². The molecule has 0 aliphatic rings. The molecule has 0 aromatic carbocycles. The number of aliphatic imine (C=N–C) groups is 1. The first-order valence-electron chi connectivity index (χ1n) is 7.30. The maximum atomic E-state index is 4.61. The molecule has 1 atom stereocenters. The zero-order valence-electron chi connectivity index (χ0n) is 13.0. The average molecular weight is 433 g/mol. The molecule has 5 nitrogen and oxygen atoms in total. The van der Waals surface area contributed by atoms with Gasteiger partial charge in [-0.3, -0.25) is 4.68 Å². The lowest BCUT2D eigenvalue weighted by Crippen LogP contribution is -2.40. The van der Waals surface area contributed by atoms with E-state index in [9.17, 15) is 0 Å².